The Morgan fingerprint density at radius 1 is 0.647 bits per heavy atom. The third-order valence-corrected chi connectivity index (χ3v) is 8.11. The van der Waals surface area contributed by atoms with Gasteiger partial charge in [-0.1, -0.05) is 0 Å². The minimum absolute atomic E-state index is 1.18. The summed E-state index contributed by atoms with van der Waals surface area (Å²) in [7, 11) is 11.4. The van der Waals surface area contributed by atoms with E-state index >= 15 is 0 Å². The molecular formula is C12H33N4P. The van der Waals surface area contributed by atoms with Crippen molar-refractivity contribution in [2.45, 2.75) is 26.7 Å². The van der Waals surface area contributed by atoms with Crippen molar-refractivity contribution < 1.29 is 0 Å². The third-order valence-electron chi connectivity index (χ3n) is 3.21. The van der Waals surface area contributed by atoms with E-state index in [1.807, 2.05) is 0 Å². The quantitative estimate of drug-likeness (QED) is 0.623. The summed E-state index contributed by atoms with van der Waals surface area (Å²) in [6, 6.07) is 0. The van der Waals surface area contributed by atoms with Crippen molar-refractivity contribution in [1.29, 1.82) is 0 Å². The molecule has 0 N–H and O–H groups in total. The summed E-state index contributed by atoms with van der Waals surface area (Å²) in [5.41, 5.74) is 0. The standard InChI is InChI=1S/C12H33N4P/c1-9-11-16(12-10-2)17(13(3)4,14(5)6)15(7)8/h17H,9-12H2,1-8H3. The van der Waals surface area contributed by atoms with Crippen LogP contribution in [-0.2, 0) is 0 Å². The summed E-state index contributed by atoms with van der Waals surface area (Å²) in [5, 5.41) is 0. The predicted octanol–water partition coefficient (Wildman–Crippen LogP) is 2.20. The van der Waals surface area contributed by atoms with Crippen LogP contribution in [-0.4, -0.2) is 74.1 Å². The summed E-state index contributed by atoms with van der Waals surface area (Å²) < 4.78 is 9.97. The average molecular weight is 264 g/mol. The molecule has 17 heavy (non-hydrogen) atoms. The van der Waals surface area contributed by atoms with Gasteiger partial charge in [0.1, 0.15) is 0 Å². The molecule has 0 unspecified atom stereocenters. The Bertz CT molecular complexity index is 179. The second-order valence-electron chi connectivity index (χ2n) is 5.27. The maximum absolute atomic E-state index is 2.69. The Kier molecular flexibility index (Phi) is 7.77. The maximum atomic E-state index is 2.69. The van der Waals surface area contributed by atoms with E-state index in [9.17, 15) is 0 Å². The molecule has 0 amide bonds. The first-order valence-corrected chi connectivity index (χ1v) is 8.41. The van der Waals surface area contributed by atoms with Gasteiger partial charge < -0.3 is 0 Å². The molecule has 0 aromatic carbocycles. The van der Waals surface area contributed by atoms with E-state index in [0.717, 1.165) is 0 Å². The summed E-state index contributed by atoms with van der Waals surface area (Å²) in [5.74, 6) is 0. The van der Waals surface area contributed by atoms with E-state index in [1.54, 1.807) is 0 Å². The van der Waals surface area contributed by atoms with Crippen LogP contribution in [0.2, 0.25) is 0 Å². The van der Waals surface area contributed by atoms with Crippen LogP contribution in [0.4, 0.5) is 0 Å². The van der Waals surface area contributed by atoms with Crippen LogP contribution in [0.25, 0.3) is 0 Å². The van der Waals surface area contributed by atoms with Gasteiger partial charge >= 0.3 is 109 Å². The molecule has 0 spiro atoms. The molecule has 0 aliphatic carbocycles. The summed E-state index contributed by atoms with van der Waals surface area (Å²) in [6.07, 6.45) is 2.43. The second kappa shape index (κ2) is 7.65. The van der Waals surface area contributed by atoms with E-state index < -0.39 is 7.87 Å². The summed E-state index contributed by atoms with van der Waals surface area (Å²) in [4.78, 5) is 0. The van der Waals surface area contributed by atoms with Crippen molar-refractivity contribution in [1.82, 2.24) is 18.7 Å². The summed E-state index contributed by atoms with van der Waals surface area (Å²) in [6.45, 7) is 6.88. The molecular weight excluding hydrogens is 231 g/mol. The van der Waals surface area contributed by atoms with Gasteiger partial charge in [-0.3, -0.25) is 0 Å². The monoisotopic (exact) mass is 264 g/mol. The molecule has 0 aromatic rings. The van der Waals surface area contributed by atoms with E-state index in [0.29, 0.717) is 0 Å². The zero-order valence-corrected chi connectivity index (χ0v) is 14.1. The van der Waals surface area contributed by atoms with Gasteiger partial charge in [0, 0.05) is 0 Å². The van der Waals surface area contributed by atoms with Crippen molar-refractivity contribution in [3.8, 4) is 0 Å². The molecule has 0 aliphatic heterocycles. The van der Waals surface area contributed by atoms with Gasteiger partial charge in [-0.2, -0.15) is 0 Å². The predicted molar refractivity (Wildman–Crippen MR) is 81.5 cm³/mol. The molecule has 0 atom stereocenters. The first-order valence-electron chi connectivity index (χ1n) is 6.62. The van der Waals surface area contributed by atoms with Crippen LogP contribution in [0, 0.1) is 0 Å². The van der Waals surface area contributed by atoms with E-state index in [4.69, 9.17) is 0 Å². The number of rotatable bonds is 8. The van der Waals surface area contributed by atoms with Crippen molar-refractivity contribution in [2.75, 3.05) is 55.4 Å². The van der Waals surface area contributed by atoms with Gasteiger partial charge in [-0.25, -0.2) is 0 Å². The molecule has 0 bridgehead atoms. The SMILES string of the molecule is CCCN(CCC)[PH](N(C)C)(N(C)C)N(C)C. The first kappa shape index (κ1) is 17.3. The van der Waals surface area contributed by atoms with Gasteiger partial charge in [0.15, 0.2) is 0 Å². The van der Waals surface area contributed by atoms with Crippen LogP contribution in [0.5, 0.6) is 0 Å². The first-order chi connectivity index (χ1) is 7.85. The third kappa shape index (κ3) is 3.62. The molecule has 5 heteroatoms. The van der Waals surface area contributed by atoms with Gasteiger partial charge in [0.2, 0.25) is 0 Å². The molecule has 0 aromatic heterocycles. The number of hydrogen-bond acceptors (Lipinski definition) is 4. The van der Waals surface area contributed by atoms with Gasteiger partial charge in [-0.15, -0.1) is 0 Å². The fourth-order valence-electron chi connectivity index (χ4n) is 3.00. The fourth-order valence-corrected chi connectivity index (χ4v) is 8.14. The van der Waals surface area contributed by atoms with Crippen LogP contribution >= 0.6 is 7.87 Å². The molecule has 0 heterocycles. The van der Waals surface area contributed by atoms with Crippen molar-refractivity contribution in [3.05, 3.63) is 0 Å². The minimum atomic E-state index is -1.87. The zero-order chi connectivity index (χ0) is 13.6. The van der Waals surface area contributed by atoms with E-state index in [-0.39, 0.29) is 0 Å². The molecule has 0 saturated heterocycles. The second-order valence-corrected chi connectivity index (χ2v) is 9.79. The molecule has 106 valence electrons. The van der Waals surface area contributed by atoms with Gasteiger partial charge in [0.25, 0.3) is 0 Å². The molecule has 0 fully saturated rings. The Morgan fingerprint density at radius 3 is 1.12 bits per heavy atom. The fraction of sp³-hybridized carbons (Fsp3) is 1.00. The van der Waals surface area contributed by atoms with Crippen molar-refractivity contribution in [2.24, 2.45) is 0 Å². The van der Waals surface area contributed by atoms with Gasteiger partial charge in [-0.05, 0) is 0 Å². The molecule has 0 aliphatic rings. The van der Waals surface area contributed by atoms with Crippen LogP contribution in [0.3, 0.4) is 0 Å². The van der Waals surface area contributed by atoms with Crippen molar-refractivity contribution in [3.63, 3.8) is 0 Å². The van der Waals surface area contributed by atoms with Gasteiger partial charge in [0.05, 0.1) is 0 Å². The van der Waals surface area contributed by atoms with Crippen LogP contribution < -0.4 is 0 Å². The Labute approximate surface area is 109 Å². The topological polar surface area (TPSA) is 13.0 Å². The van der Waals surface area contributed by atoms with Crippen LogP contribution in [0.1, 0.15) is 26.7 Å². The zero-order valence-electron chi connectivity index (χ0n) is 13.1. The molecule has 0 radical (unpaired) electrons. The average Bonchev–Trinajstić information content (AvgIpc) is 2.17. The van der Waals surface area contributed by atoms with E-state index in [1.165, 1.54) is 25.9 Å². The summed E-state index contributed by atoms with van der Waals surface area (Å²) >= 11 is 0. The van der Waals surface area contributed by atoms with E-state index in [2.05, 4.69) is 74.8 Å². The Balaban J connectivity index is 5.35. The number of hydrogen-bond donors (Lipinski definition) is 0. The molecule has 0 saturated carbocycles. The number of nitrogens with zero attached hydrogens (tertiary/aromatic N) is 4. The molecule has 0 rings (SSSR count). The van der Waals surface area contributed by atoms with Crippen LogP contribution in [0.15, 0.2) is 0 Å². The Morgan fingerprint density at radius 2 is 0.941 bits per heavy atom. The normalized spacial score (nSPS) is 14.4. The molecule has 4 nitrogen and oxygen atoms in total. The Hall–Kier alpha value is 0.270. The van der Waals surface area contributed by atoms with Crippen molar-refractivity contribution >= 4 is 7.87 Å².